The van der Waals surface area contributed by atoms with Crippen LogP contribution in [0.15, 0.2) is 42.5 Å². The van der Waals surface area contributed by atoms with Crippen molar-refractivity contribution in [2.24, 2.45) is 0 Å². The maximum atomic E-state index is 13.1. The average molecular weight is 378 g/mol. The molecule has 138 valence electrons. The zero-order valence-corrected chi connectivity index (χ0v) is 15.5. The lowest BCUT2D eigenvalue weighted by molar-refractivity contribution is -0.116. The Morgan fingerprint density at radius 2 is 2.12 bits per heavy atom. The third-order valence-electron chi connectivity index (χ3n) is 3.56. The van der Waals surface area contributed by atoms with E-state index < -0.39 is 0 Å². The van der Waals surface area contributed by atoms with Gasteiger partial charge in [0, 0.05) is 12.6 Å². The number of carbonyl (C=O) groups excluding carboxylic acids is 1. The summed E-state index contributed by atoms with van der Waals surface area (Å²) in [5, 5.41) is 3.17. The van der Waals surface area contributed by atoms with E-state index >= 15 is 0 Å². The first-order valence-corrected chi connectivity index (χ1v) is 8.62. The zero-order valence-electron chi connectivity index (χ0n) is 14.7. The van der Waals surface area contributed by atoms with E-state index in [-0.39, 0.29) is 11.7 Å². The lowest BCUT2D eigenvalue weighted by atomic mass is 10.1. The first-order chi connectivity index (χ1) is 12.5. The van der Waals surface area contributed by atoms with Crippen molar-refractivity contribution in [3.63, 3.8) is 0 Å². The van der Waals surface area contributed by atoms with Crippen LogP contribution in [0.25, 0.3) is 6.08 Å². The number of methoxy groups -OCH3 is 1. The molecular formula is C20H21ClFNO3. The molecule has 0 aliphatic rings. The number of ether oxygens (including phenoxy) is 2. The van der Waals surface area contributed by atoms with Crippen LogP contribution in [0.3, 0.4) is 0 Å². The second-order valence-corrected chi connectivity index (χ2v) is 5.88. The number of rotatable bonds is 8. The van der Waals surface area contributed by atoms with Crippen LogP contribution in [0, 0.1) is 5.82 Å². The van der Waals surface area contributed by atoms with Gasteiger partial charge in [0.25, 0.3) is 0 Å². The van der Waals surface area contributed by atoms with Crippen LogP contribution in [0.4, 0.5) is 4.39 Å². The van der Waals surface area contributed by atoms with E-state index in [0.717, 1.165) is 11.1 Å². The summed E-state index contributed by atoms with van der Waals surface area (Å²) in [4.78, 5) is 11.9. The van der Waals surface area contributed by atoms with Crippen LogP contribution in [-0.2, 0) is 11.2 Å². The van der Waals surface area contributed by atoms with Crippen LogP contribution in [0.2, 0.25) is 5.02 Å². The number of halogens is 2. The van der Waals surface area contributed by atoms with Crippen molar-refractivity contribution in [1.82, 2.24) is 5.32 Å². The normalized spacial score (nSPS) is 10.8. The van der Waals surface area contributed by atoms with E-state index in [1.165, 1.54) is 25.3 Å². The lowest BCUT2D eigenvalue weighted by Gasteiger charge is -2.11. The molecule has 0 heterocycles. The van der Waals surface area contributed by atoms with Gasteiger partial charge in [-0.05, 0) is 54.8 Å². The van der Waals surface area contributed by atoms with Crippen LogP contribution in [0.5, 0.6) is 11.5 Å². The third kappa shape index (κ3) is 5.77. The van der Waals surface area contributed by atoms with Gasteiger partial charge in [-0.25, -0.2) is 4.39 Å². The fourth-order valence-electron chi connectivity index (χ4n) is 2.40. The van der Waals surface area contributed by atoms with Crippen LogP contribution in [-0.4, -0.2) is 26.2 Å². The first kappa shape index (κ1) is 19.8. The molecule has 0 aliphatic heterocycles. The van der Waals surface area contributed by atoms with Crippen molar-refractivity contribution in [2.45, 2.75) is 13.3 Å². The molecule has 0 fully saturated rings. The smallest absolute Gasteiger partial charge is 0.244 e. The van der Waals surface area contributed by atoms with Gasteiger partial charge in [-0.3, -0.25) is 4.79 Å². The highest BCUT2D eigenvalue weighted by Gasteiger charge is 2.10. The van der Waals surface area contributed by atoms with Gasteiger partial charge in [0.1, 0.15) is 5.82 Å². The van der Waals surface area contributed by atoms with Gasteiger partial charge in [-0.2, -0.15) is 0 Å². The van der Waals surface area contributed by atoms with Gasteiger partial charge in [-0.15, -0.1) is 0 Å². The van der Waals surface area contributed by atoms with Crippen LogP contribution in [0.1, 0.15) is 18.1 Å². The number of carbonyl (C=O) groups is 1. The Bertz CT molecular complexity index is 793. The van der Waals surface area contributed by atoms with Crippen LogP contribution >= 0.6 is 11.6 Å². The molecule has 0 spiro atoms. The maximum absolute atomic E-state index is 13.1. The largest absolute Gasteiger partial charge is 0.491 e. The SMILES string of the molecule is CCOc1cc(/C=C/C(=O)NCCc2cccc(F)c2)cc(Cl)c1OC. The number of benzene rings is 2. The van der Waals surface area contributed by atoms with E-state index in [4.69, 9.17) is 21.1 Å². The Hall–Kier alpha value is -2.53. The molecule has 0 saturated heterocycles. The van der Waals surface area contributed by atoms with E-state index in [9.17, 15) is 9.18 Å². The molecule has 2 aromatic carbocycles. The minimum atomic E-state index is -0.282. The topological polar surface area (TPSA) is 47.6 Å². The van der Waals surface area contributed by atoms with Crippen molar-refractivity contribution >= 4 is 23.6 Å². The molecule has 2 rings (SSSR count). The summed E-state index contributed by atoms with van der Waals surface area (Å²) in [5.74, 6) is 0.459. The molecule has 26 heavy (non-hydrogen) atoms. The Kier molecular flexibility index (Phi) is 7.48. The molecule has 2 aromatic rings. The number of amides is 1. The molecule has 0 atom stereocenters. The third-order valence-corrected chi connectivity index (χ3v) is 3.85. The van der Waals surface area contributed by atoms with Crippen molar-refractivity contribution in [3.05, 3.63) is 64.4 Å². The van der Waals surface area contributed by atoms with Gasteiger partial charge < -0.3 is 14.8 Å². The lowest BCUT2D eigenvalue weighted by Crippen LogP contribution is -2.23. The summed E-state index contributed by atoms with van der Waals surface area (Å²) in [6, 6.07) is 9.76. The summed E-state index contributed by atoms with van der Waals surface area (Å²) in [6.07, 6.45) is 3.62. The molecule has 6 heteroatoms. The highest BCUT2D eigenvalue weighted by molar-refractivity contribution is 6.32. The van der Waals surface area contributed by atoms with Gasteiger partial charge in [0.05, 0.1) is 18.7 Å². The quantitative estimate of drug-likeness (QED) is 0.699. The number of hydrogen-bond acceptors (Lipinski definition) is 3. The molecule has 0 saturated carbocycles. The van der Waals surface area contributed by atoms with E-state index in [2.05, 4.69) is 5.32 Å². The molecular weight excluding hydrogens is 357 g/mol. The summed E-state index contributed by atoms with van der Waals surface area (Å²) < 4.78 is 23.8. The van der Waals surface area contributed by atoms with Gasteiger partial charge >= 0.3 is 0 Å². The monoisotopic (exact) mass is 377 g/mol. The summed E-state index contributed by atoms with van der Waals surface area (Å²) in [7, 11) is 1.52. The predicted molar refractivity (Wildman–Crippen MR) is 101 cm³/mol. The van der Waals surface area contributed by atoms with E-state index in [1.807, 2.05) is 13.0 Å². The molecule has 0 aliphatic carbocycles. The van der Waals surface area contributed by atoms with Gasteiger partial charge in [0.15, 0.2) is 11.5 Å². The van der Waals surface area contributed by atoms with Gasteiger partial charge in [-0.1, -0.05) is 23.7 Å². The second-order valence-electron chi connectivity index (χ2n) is 5.47. The van der Waals surface area contributed by atoms with E-state index in [0.29, 0.717) is 36.1 Å². The Morgan fingerprint density at radius 3 is 2.81 bits per heavy atom. The van der Waals surface area contributed by atoms with Crippen LogP contribution < -0.4 is 14.8 Å². The average Bonchev–Trinajstić information content (AvgIpc) is 2.60. The molecule has 0 aromatic heterocycles. The first-order valence-electron chi connectivity index (χ1n) is 8.24. The van der Waals surface area contributed by atoms with E-state index in [1.54, 1.807) is 24.3 Å². The molecule has 1 amide bonds. The summed E-state index contributed by atoms with van der Waals surface area (Å²) >= 11 is 6.18. The molecule has 1 N–H and O–H groups in total. The highest BCUT2D eigenvalue weighted by Crippen LogP contribution is 2.36. The maximum Gasteiger partial charge on any atom is 0.244 e. The summed E-state index contributed by atoms with van der Waals surface area (Å²) in [6.45, 7) is 2.75. The molecule has 0 bridgehead atoms. The molecule has 4 nitrogen and oxygen atoms in total. The fraction of sp³-hybridized carbons (Fsp3) is 0.250. The van der Waals surface area contributed by atoms with Crippen molar-refractivity contribution in [1.29, 1.82) is 0 Å². The fourth-order valence-corrected chi connectivity index (χ4v) is 2.69. The Morgan fingerprint density at radius 1 is 1.31 bits per heavy atom. The minimum Gasteiger partial charge on any atom is -0.491 e. The second kappa shape index (κ2) is 9.82. The summed E-state index contributed by atoms with van der Waals surface area (Å²) in [5.41, 5.74) is 1.55. The Balaban J connectivity index is 1.94. The Labute approximate surface area is 157 Å². The minimum absolute atomic E-state index is 0.244. The molecule has 0 radical (unpaired) electrons. The predicted octanol–water partition coefficient (Wildman–Crippen LogP) is 4.26. The molecule has 0 unspecified atom stereocenters. The van der Waals surface area contributed by atoms with Crippen molar-refractivity contribution < 1.29 is 18.7 Å². The zero-order chi connectivity index (χ0) is 18.9. The number of hydrogen-bond donors (Lipinski definition) is 1. The van der Waals surface area contributed by atoms with Crippen molar-refractivity contribution in [3.8, 4) is 11.5 Å². The number of nitrogens with one attached hydrogen (secondary N) is 1. The highest BCUT2D eigenvalue weighted by atomic mass is 35.5. The van der Waals surface area contributed by atoms with Crippen molar-refractivity contribution in [2.75, 3.05) is 20.3 Å². The van der Waals surface area contributed by atoms with Gasteiger partial charge in [0.2, 0.25) is 5.91 Å². The standard InChI is InChI=1S/C20H21ClFNO3/c1-3-26-18-13-15(12-17(21)20(18)25-2)7-8-19(24)23-10-9-14-5-4-6-16(22)11-14/h4-8,11-13H,3,9-10H2,1-2H3,(H,23,24)/b8-7+.